The first-order valence-electron chi connectivity index (χ1n) is 9.04. The number of dihydropyridines is 1. The molecule has 6 heteroatoms. The average molecular weight is 390 g/mol. The highest BCUT2D eigenvalue weighted by molar-refractivity contribution is 6.30. The molecule has 27 heavy (non-hydrogen) atoms. The Morgan fingerprint density at radius 1 is 1.37 bits per heavy atom. The zero-order valence-corrected chi connectivity index (χ0v) is 16.7. The molecule has 0 saturated carbocycles. The van der Waals surface area contributed by atoms with Crippen LogP contribution >= 0.6 is 11.6 Å². The third-order valence-corrected chi connectivity index (χ3v) is 5.27. The summed E-state index contributed by atoms with van der Waals surface area (Å²) in [5, 5.41) is 14.2. The Labute approximate surface area is 164 Å². The van der Waals surface area contributed by atoms with Crippen LogP contribution in [-0.2, 0) is 14.3 Å². The smallest absolute Gasteiger partial charge is 0.336 e. The molecular formula is C21H24ClNO4. The molecule has 0 bridgehead atoms. The van der Waals surface area contributed by atoms with Crippen molar-refractivity contribution in [1.82, 2.24) is 5.32 Å². The van der Waals surface area contributed by atoms with E-state index < -0.39 is 11.9 Å². The van der Waals surface area contributed by atoms with Crippen LogP contribution < -0.4 is 5.32 Å². The van der Waals surface area contributed by atoms with Crippen LogP contribution in [0.15, 0.2) is 40.7 Å². The number of aromatic hydroxyl groups is 1. The number of Topliss-reactive ketones (excluding diaryl/α,β-unsaturated/α-hetero) is 1. The highest BCUT2D eigenvalue weighted by atomic mass is 35.5. The van der Waals surface area contributed by atoms with Crippen LogP contribution in [0.25, 0.3) is 0 Å². The molecule has 0 saturated heterocycles. The van der Waals surface area contributed by atoms with E-state index >= 15 is 0 Å². The number of phenols is 1. The number of ether oxygens (including phenoxy) is 1. The standard InChI is InChI=1S/C21H24ClNO4/c1-5-27-20(26)17-11(2)23-14-9-21(3,4)10-16(25)19(14)18(17)13-8-12(22)6-7-15(13)24/h6-8,18,23-24H,5,9-10H2,1-4H3. The number of carbonyl (C=O) groups excluding carboxylic acids is 2. The van der Waals surface area contributed by atoms with Gasteiger partial charge >= 0.3 is 5.97 Å². The second-order valence-electron chi connectivity index (χ2n) is 7.85. The molecule has 144 valence electrons. The normalized spacial score (nSPS) is 21.7. The quantitative estimate of drug-likeness (QED) is 0.757. The van der Waals surface area contributed by atoms with Crippen molar-refractivity contribution >= 4 is 23.4 Å². The van der Waals surface area contributed by atoms with Crippen LogP contribution in [0, 0.1) is 5.41 Å². The summed E-state index contributed by atoms with van der Waals surface area (Å²) in [7, 11) is 0. The zero-order valence-electron chi connectivity index (χ0n) is 16.0. The van der Waals surface area contributed by atoms with E-state index in [-0.39, 0.29) is 23.6 Å². The number of nitrogens with one attached hydrogen (secondary N) is 1. The third kappa shape index (κ3) is 3.61. The van der Waals surface area contributed by atoms with Gasteiger partial charge in [-0.3, -0.25) is 4.79 Å². The molecule has 1 aromatic carbocycles. The number of ketones is 1. The van der Waals surface area contributed by atoms with Gasteiger partial charge in [0.2, 0.25) is 0 Å². The van der Waals surface area contributed by atoms with Crippen molar-refractivity contribution in [1.29, 1.82) is 0 Å². The van der Waals surface area contributed by atoms with Crippen molar-refractivity contribution in [3.8, 4) is 5.75 Å². The van der Waals surface area contributed by atoms with Gasteiger partial charge < -0.3 is 15.2 Å². The Kier molecular flexibility index (Phi) is 5.08. The van der Waals surface area contributed by atoms with Crippen molar-refractivity contribution in [2.75, 3.05) is 6.61 Å². The van der Waals surface area contributed by atoms with Crippen LogP contribution in [0.2, 0.25) is 5.02 Å². The summed E-state index contributed by atoms with van der Waals surface area (Å²) in [6, 6.07) is 4.66. The molecule has 1 aliphatic carbocycles. The number of phenolic OH excluding ortho intramolecular Hbond substituents is 1. The van der Waals surface area contributed by atoms with Crippen LogP contribution in [-0.4, -0.2) is 23.5 Å². The molecule has 2 N–H and O–H groups in total. The Hall–Kier alpha value is -2.27. The van der Waals surface area contributed by atoms with Gasteiger partial charge in [-0.15, -0.1) is 0 Å². The van der Waals surface area contributed by atoms with Crippen molar-refractivity contribution in [2.45, 2.75) is 46.5 Å². The minimum absolute atomic E-state index is 0.00891. The largest absolute Gasteiger partial charge is 0.508 e. The Balaban J connectivity index is 2.24. The zero-order chi connectivity index (χ0) is 19.9. The molecule has 0 aromatic heterocycles. The third-order valence-electron chi connectivity index (χ3n) is 5.04. The minimum atomic E-state index is -0.706. The van der Waals surface area contributed by atoms with E-state index in [1.807, 2.05) is 13.8 Å². The summed E-state index contributed by atoms with van der Waals surface area (Å²) in [5.74, 6) is -1.25. The van der Waals surface area contributed by atoms with E-state index in [1.165, 1.54) is 6.07 Å². The number of benzene rings is 1. The summed E-state index contributed by atoms with van der Waals surface area (Å²) in [6.07, 6.45) is 1.06. The monoisotopic (exact) mass is 389 g/mol. The highest BCUT2D eigenvalue weighted by Gasteiger charge is 2.43. The van der Waals surface area contributed by atoms with Crippen molar-refractivity contribution in [3.63, 3.8) is 0 Å². The molecule has 2 aliphatic rings. The van der Waals surface area contributed by atoms with Crippen molar-refractivity contribution in [3.05, 3.63) is 51.3 Å². The average Bonchev–Trinajstić information content (AvgIpc) is 2.54. The molecule has 1 atom stereocenters. The molecule has 1 aliphatic heterocycles. The van der Waals surface area contributed by atoms with Gasteiger partial charge in [0.05, 0.1) is 18.1 Å². The summed E-state index contributed by atoms with van der Waals surface area (Å²) in [6.45, 7) is 7.83. The van der Waals surface area contributed by atoms with Gasteiger partial charge in [-0.2, -0.15) is 0 Å². The second-order valence-corrected chi connectivity index (χ2v) is 8.29. The lowest BCUT2D eigenvalue weighted by Gasteiger charge is -2.39. The number of esters is 1. The number of halogens is 1. The molecule has 1 heterocycles. The fourth-order valence-electron chi connectivity index (χ4n) is 3.98. The Morgan fingerprint density at radius 2 is 2.07 bits per heavy atom. The van der Waals surface area contributed by atoms with Crippen molar-refractivity contribution < 1.29 is 19.4 Å². The van der Waals surface area contributed by atoms with Gasteiger partial charge in [0.1, 0.15) is 5.75 Å². The number of hydrogen-bond acceptors (Lipinski definition) is 5. The second kappa shape index (κ2) is 7.04. The number of hydrogen-bond donors (Lipinski definition) is 2. The minimum Gasteiger partial charge on any atom is -0.508 e. The van der Waals surface area contributed by atoms with E-state index in [0.717, 1.165) is 5.70 Å². The Bertz CT molecular complexity index is 882. The van der Waals surface area contributed by atoms with Gasteiger partial charge in [-0.1, -0.05) is 25.4 Å². The number of carbonyl (C=O) groups is 2. The van der Waals surface area contributed by atoms with Gasteiger partial charge in [0.25, 0.3) is 0 Å². The number of rotatable bonds is 3. The van der Waals surface area contributed by atoms with E-state index in [9.17, 15) is 14.7 Å². The fourth-order valence-corrected chi connectivity index (χ4v) is 4.16. The van der Waals surface area contributed by atoms with Crippen LogP contribution in [0.1, 0.15) is 52.0 Å². The summed E-state index contributed by atoms with van der Waals surface area (Å²) >= 11 is 6.16. The Morgan fingerprint density at radius 3 is 2.74 bits per heavy atom. The lowest BCUT2D eigenvalue weighted by molar-refractivity contribution is -0.138. The van der Waals surface area contributed by atoms with Gasteiger partial charge in [-0.05, 0) is 43.9 Å². The molecule has 0 amide bonds. The highest BCUT2D eigenvalue weighted by Crippen LogP contribution is 2.48. The lowest BCUT2D eigenvalue weighted by Crippen LogP contribution is -2.38. The maximum Gasteiger partial charge on any atom is 0.336 e. The molecule has 0 spiro atoms. The first-order valence-corrected chi connectivity index (χ1v) is 9.42. The first-order chi connectivity index (χ1) is 12.6. The van der Waals surface area contributed by atoms with Crippen LogP contribution in [0.3, 0.4) is 0 Å². The summed E-state index contributed by atoms with van der Waals surface area (Å²) in [5.41, 5.74) is 2.54. The predicted molar refractivity (Wildman–Crippen MR) is 103 cm³/mol. The van der Waals surface area contributed by atoms with Crippen molar-refractivity contribution in [2.24, 2.45) is 5.41 Å². The SMILES string of the molecule is CCOC(=O)C1=C(C)NC2=C(C(=O)CC(C)(C)C2)C1c1cc(Cl)ccc1O. The molecular weight excluding hydrogens is 366 g/mol. The van der Waals surface area contributed by atoms with E-state index in [0.29, 0.717) is 40.3 Å². The van der Waals surface area contributed by atoms with E-state index in [2.05, 4.69) is 5.32 Å². The van der Waals surface area contributed by atoms with Gasteiger partial charge in [0.15, 0.2) is 5.78 Å². The lowest BCUT2D eigenvalue weighted by atomic mass is 9.68. The molecule has 0 fully saturated rings. The molecule has 1 unspecified atom stereocenters. The summed E-state index contributed by atoms with van der Waals surface area (Å²) < 4.78 is 5.24. The topological polar surface area (TPSA) is 75.6 Å². The maximum atomic E-state index is 13.1. The van der Waals surface area contributed by atoms with Gasteiger partial charge in [0, 0.05) is 34.0 Å². The first kappa shape index (κ1) is 19.5. The fraction of sp³-hybridized carbons (Fsp3) is 0.429. The predicted octanol–water partition coefficient (Wildman–Crippen LogP) is 4.21. The van der Waals surface area contributed by atoms with Gasteiger partial charge in [-0.25, -0.2) is 4.79 Å². The molecule has 1 aromatic rings. The number of allylic oxidation sites excluding steroid dienone is 3. The molecule has 5 nitrogen and oxygen atoms in total. The van der Waals surface area contributed by atoms with E-state index in [4.69, 9.17) is 16.3 Å². The van der Waals surface area contributed by atoms with E-state index in [1.54, 1.807) is 26.0 Å². The molecule has 3 rings (SSSR count). The van der Waals surface area contributed by atoms with Crippen LogP contribution in [0.4, 0.5) is 0 Å². The maximum absolute atomic E-state index is 13.1. The summed E-state index contributed by atoms with van der Waals surface area (Å²) in [4.78, 5) is 25.8. The van der Waals surface area contributed by atoms with Crippen LogP contribution in [0.5, 0.6) is 5.75 Å². The molecule has 0 radical (unpaired) electrons.